The molecule has 0 saturated carbocycles. The number of alkyl carbamates (subject to hydrolysis) is 1. The smallest absolute Gasteiger partial charge is 0.407 e. The molecule has 0 aliphatic heterocycles. The number of benzene rings is 3. The van der Waals surface area contributed by atoms with Crippen LogP contribution in [-0.4, -0.2) is 29.3 Å². The van der Waals surface area contributed by atoms with Gasteiger partial charge in [0.1, 0.15) is 23.5 Å². The summed E-state index contributed by atoms with van der Waals surface area (Å²) in [6.45, 7) is 14.6. The van der Waals surface area contributed by atoms with E-state index in [-0.39, 0.29) is 19.0 Å². The van der Waals surface area contributed by atoms with Crippen LogP contribution in [0.25, 0.3) is 33.2 Å². The number of unbranched alkanes of at least 4 members (excludes halogenated alkanes) is 3. The van der Waals surface area contributed by atoms with Gasteiger partial charge in [0.15, 0.2) is 0 Å². The van der Waals surface area contributed by atoms with E-state index < -0.39 is 11.7 Å². The van der Waals surface area contributed by atoms with Crippen molar-refractivity contribution in [2.75, 3.05) is 6.61 Å². The van der Waals surface area contributed by atoms with E-state index in [1.165, 1.54) is 25.7 Å². The number of fused-ring (bicyclic) bond motifs is 1. The Morgan fingerprint density at radius 1 is 0.843 bits per heavy atom. The molecule has 3 aromatic carbocycles. The van der Waals surface area contributed by atoms with Crippen LogP contribution in [0.15, 0.2) is 89.7 Å². The summed E-state index contributed by atoms with van der Waals surface area (Å²) in [6, 6.07) is 23.8. The molecular weight excluding hydrogens is 640 g/mol. The van der Waals surface area contributed by atoms with E-state index in [2.05, 4.69) is 24.1 Å². The lowest BCUT2D eigenvalue weighted by molar-refractivity contribution is -0.142. The Morgan fingerprint density at radius 2 is 1.61 bits per heavy atom. The lowest BCUT2D eigenvalue weighted by Gasteiger charge is -2.19. The van der Waals surface area contributed by atoms with Gasteiger partial charge in [0, 0.05) is 34.9 Å². The molecule has 0 atom stereocenters. The summed E-state index contributed by atoms with van der Waals surface area (Å²) in [5, 5.41) is 3.76. The second kappa shape index (κ2) is 18.8. The number of pyridine rings is 1. The van der Waals surface area contributed by atoms with Crippen molar-refractivity contribution in [3.63, 3.8) is 0 Å². The number of ether oxygens (including phenoxy) is 3. The molecular formula is C43H52N2O6. The Kier molecular flexibility index (Phi) is 14.2. The minimum absolute atomic E-state index is 0.106. The molecule has 5 rings (SSSR count). The first-order valence-corrected chi connectivity index (χ1v) is 17.9. The molecule has 0 aliphatic carbocycles. The average Bonchev–Trinajstić information content (AvgIpc) is 3.58. The molecule has 1 N–H and O–H groups in total. The van der Waals surface area contributed by atoms with Gasteiger partial charge in [-0.2, -0.15) is 0 Å². The van der Waals surface area contributed by atoms with Gasteiger partial charge >= 0.3 is 12.1 Å². The number of carbonyl (C=O) groups excluding carboxylic acids is 2. The number of furan rings is 1. The average molecular weight is 693 g/mol. The molecule has 0 aliphatic rings. The summed E-state index contributed by atoms with van der Waals surface area (Å²) in [6.07, 6.45) is 8.63. The van der Waals surface area contributed by atoms with Gasteiger partial charge in [-0.1, -0.05) is 69.9 Å². The van der Waals surface area contributed by atoms with Crippen LogP contribution in [0.2, 0.25) is 0 Å². The largest absolute Gasteiger partial charge is 0.489 e. The van der Waals surface area contributed by atoms with E-state index in [9.17, 15) is 9.59 Å². The van der Waals surface area contributed by atoms with Crippen molar-refractivity contribution in [1.29, 1.82) is 0 Å². The highest BCUT2D eigenvalue weighted by Crippen LogP contribution is 2.33. The molecule has 5 aromatic rings. The van der Waals surface area contributed by atoms with Crippen LogP contribution in [0.4, 0.5) is 4.79 Å². The van der Waals surface area contributed by atoms with Gasteiger partial charge in [0.2, 0.25) is 0 Å². The van der Waals surface area contributed by atoms with Crippen molar-refractivity contribution in [3.05, 3.63) is 108 Å². The third kappa shape index (κ3) is 12.0. The third-order valence-corrected chi connectivity index (χ3v) is 7.97. The molecule has 1 amide bonds. The van der Waals surface area contributed by atoms with Crippen molar-refractivity contribution in [2.45, 2.75) is 99.3 Å². The Morgan fingerprint density at radius 3 is 2.31 bits per heavy atom. The quantitative estimate of drug-likeness (QED) is 0.0968. The first-order valence-electron chi connectivity index (χ1n) is 17.9. The van der Waals surface area contributed by atoms with Crippen LogP contribution >= 0.6 is 0 Å². The summed E-state index contributed by atoms with van der Waals surface area (Å²) in [7, 11) is 0. The van der Waals surface area contributed by atoms with E-state index in [1.807, 2.05) is 100 Å². The molecule has 8 heteroatoms. The second-order valence-corrected chi connectivity index (χ2v) is 13.5. The molecule has 51 heavy (non-hydrogen) atoms. The van der Waals surface area contributed by atoms with E-state index in [0.717, 1.165) is 55.6 Å². The summed E-state index contributed by atoms with van der Waals surface area (Å²) in [5.74, 6) is 0.303. The monoisotopic (exact) mass is 692 g/mol. The lowest BCUT2D eigenvalue weighted by atomic mass is 9.99. The number of aryl methyl sites for hydroxylation is 1. The lowest BCUT2D eigenvalue weighted by Crippen LogP contribution is -2.32. The van der Waals surface area contributed by atoms with Crippen molar-refractivity contribution >= 4 is 23.0 Å². The normalized spacial score (nSPS) is 11.0. The number of carbonyl (C=O) groups is 2. The maximum Gasteiger partial charge on any atom is 0.407 e. The minimum Gasteiger partial charge on any atom is -0.489 e. The maximum atomic E-state index is 12.4. The van der Waals surface area contributed by atoms with Crippen molar-refractivity contribution in [3.8, 4) is 28.0 Å². The van der Waals surface area contributed by atoms with Crippen LogP contribution in [0.3, 0.4) is 0 Å². The second-order valence-electron chi connectivity index (χ2n) is 13.5. The minimum atomic E-state index is -0.571. The van der Waals surface area contributed by atoms with E-state index in [4.69, 9.17) is 18.6 Å². The van der Waals surface area contributed by atoms with E-state index in [1.54, 1.807) is 19.4 Å². The van der Waals surface area contributed by atoms with Crippen LogP contribution in [0, 0.1) is 6.92 Å². The van der Waals surface area contributed by atoms with Crippen LogP contribution in [-0.2, 0) is 33.8 Å². The summed E-state index contributed by atoms with van der Waals surface area (Å²) >= 11 is 0. The van der Waals surface area contributed by atoms with Crippen molar-refractivity contribution < 1.29 is 28.2 Å². The fourth-order valence-electron chi connectivity index (χ4n) is 5.55. The van der Waals surface area contributed by atoms with Gasteiger partial charge in [-0.3, -0.25) is 9.78 Å². The molecule has 0 saturated heterocycles. The molecule has 0 bridgehead atoms. The number of nitrogens with zero attached hydrogens (tertiary/aromatic N) is 1. The van der Waals surface area contributed by atoms with Crippen molar-refractivity contribution in [2.24, 2.45) is 0 Å². The first-order chi connectivity index (χ1) is 24.5. The van der Waals surface area contributed by atoms with Gasteiger partial charge < -0.3 is 23.9 Å². The topological polar surface area (TPSA) is 99.9 Å². The molecule has 270 valence electrons. The molecule has 0 fully saturated rings. The molecule has 0 spiro atoms. The number of hydrogen-bond donors (Lipinski definition) is 1. The molecule has 8 nitrogen and oxygen atoms in total. The number of esters is 1. The predicted octanol–water partition coefficient (Wildman–Crippen LogP) is 10.8. The summed E-state index contributed by atoms with van der Waals surface area (Å²) in [4.78, 5) is 28.9. The van der Waals surface area contributed by atoms with Crippen LogP contribution in [0.5, 0.6) is 5.75 Å². The van der Waals surface area contributed by atoms with Gasteiger partial charge in [0.25, 0.3) is 0 Å². The maximum absolute atomic E-state index is 12.4. The Hall–Kier alpha value is -5.11. The third-order valence-electron chi connectivity index (χ3n) is 7.97. The van der Waals surface area contributed by atoms with Gasteiger partial charge in [-0.25, -0.2) is 4.79 Å². The molecule has 2 heterocycles. The molecule has 0 unspecified atom stereocenters. The number of nitrogens with one attached hydrogen (secondary N) is 1. The highest BCUT2D eigenvalue weighted by molar-refractivity contribution is 5.93. The Bertz CT molecular complexity index is 1880. The number of hydrogen-bond acceptors (Lipinski definition) is 7. The van der Waals surface area contributed by atoms with Crippen LogP contribution in [0.1, 0.15) is 89.6 Å². The highest BCUT2D eigenvalue weighted by Gasteiger charge is 2.17. The Labute approximate surface area is 302 Å². The van der Waals surface area contributed by atoms with E-state index >= 15 is 0 Å². The summed E-state index contributed by atoms with van der Waals surface area (Å²) in [5.41, 5.74) is 7.53. The number of aromatic nitrogens is 1. The van der Waals surface area contributed by atoms with Gasteiger partial charge in [-0.15, -0.1) is 0 Å². The molecule has 0 radical (unpaired) electrons. The SMILES string of the molecule is CCCCCC.CCOC(=O)Cc1ccc(-c2ccnc(C)c2)cc1OCc1cc(-c2cccc(CNC(=O)OC(C)(C)C)c2)c2occc2c1. The van der Waals surface area contributed by atoms with Crippen LogP contribution < -0.4 is 10.1 Å². The number of amides is 1. The zero-order valence-corrected chi connectivity index (χ0v) is 31.1. The first kappa shape index (κ1) is 38.7. The van der Waals surface area contributed by atoms with E-state index in [0.29, 0.717) is 18.9 Å². The van der Waals surface area contributed by atoms with Crippen molar-refractivity contribution in [1.82, 2.24) is 10.3 Å². The standard InChI is InChI=1S/C37H38N2O6.C6H14/c1-6-42-34(40)21-30-11-10-27(28-12-14-38-24(2)16-28)20-33(30)44-23-26-18-31-13-15-43-35(31)32(19-26)29-9-7-8-25(17-29)22-39-36(41)45-37(3,4)5;1-3-5-6-4-2/h7-20H,6,21-23H2,1-5H3,(H,39,41);3-6H2,1-2H3. The zero-order valence-electron chi connectivity index (χ0n) is 31.1. The fraction of sp³-hybridized carbons (Fsp3) is 0.372. The molecule has 2 aromatic heterocycles. The Balaban J connectivity index is 0.000000894. The number of rotatable bonds is 13. The van der Waals surface area contributed by atoms with Gasteiger partial charge in [0.05, 0.1) is 19.3 Å². The highest BCUT2D eigenvalue weighted by atomic mass is 16.6. The predicted molar refractivity (Wildman–Crippen MR) is 204 cm³/mol. The van der Waals surface area contributed by atoms with Gasteiger partial charge in [-0.05, 0) is 105 Å². The fourth-order valence-corrected chi connectivity index (χ4v) is 5.55. The summed E-state index contributed by atoms with van der Waals surface area (Å²) < 4.78 is 22.9. The zero-order chi connectivity index (χ0) is 36.8.